The molecule has 1 N–H and O–H groups in total. The Morgan fingerprint density at radius 1 is 1.23 bits per heavy atom. The number of hydrogen-bond donors (Lipinski definition) is 1. The molecule has 0 heterocycles. The van der Waals surface area contributed by atoms with E-state index < -0.39 is 12.0 Å². The summed E-state index contributed by atoms with van der Waals surface area (Å²) in [6.07, 6.45) is -0.756. The molecule has 4 nitrogen and oxygen atoms in total. The Morgan fingerprint density at radius 2 is 1.85 bits per heavy atom. The molecular formula is C9H9NO3. The third-order valence-electron chi connectivity index (χ3n) is 1.44. The highest BCUT2D eigenvalue weighted by Gasteiger charge is 2.08. The van der Waals surface area contributed by atoms with Gasteiger partial charge < -0.3 is 4.74 Å². The number of nitrogens with one attached hydrogen (secondary N) is 1. The van der Waals surface area contributed by atoms with Gasteiger partial charge in [0.15, 0.2) is 0 Å². The number of amides is 2. The number of carbonyl (C=O) groups is 2. The number of benzene rings is 1. The van der Waals surface area contributed by atoms with Crippen molar-refractivity contribution in [2.24, 2.45) is 0 Å². The fraction of sp³-hybridized carbons (Fsp3) is 0.111. The second-order valence-electron chi connectivity index (χ2n) is 2.31. The summed E-state index contributed by atoms with van der Waals surface area (Å²) in [6, 6.07) is 8.43. The minimum absolute atomic E-state index is 0.424. The molecule has 13 heavy (non-hydrogen) atoms. The maximum atomic E-state index is 11.2. The molecule has 0 spiro atoms. The average molecular weight is 179 g/mol. The lowest BCUT2D eigenvalue weighted by molar-refractivity contribution is 0.0937. The predicted octanol–water partition coefficient (Wildman–Crippen LogP) is 1.18. The van der Waals surface area contributed by atoms with Gasteiger partial charge in [-0.3, -0.25) is 10.1 Å². The lowest BCUT2D eigenvalue weighted by Crippen LogP contribution is -2.30. The SMILES string of the molecule is COC(=O)NC(=O)c1ccccc1. The highest BCUT2D eigenvalue weighted by Crippen LogP contribution is 1.97. The van der Waals surface area contributed by atoms with Crippen LogP contribution >= 0.6 is 0 Å². The standard InChI is InChI=1S/C9H9NO3/c1-13-9(12)10-8(11)7-5-3-2-4-6-7/h2-6H,1H3,(H,10,11,12). The van der Waals surface area contributed by atoms with Gasteiger partial charge in [0.2, 0.25) is 0 Å². The van der Waals surface area contributed by atoms with Crippen LogP contribution in [0.1, 0.15) is 10.4 Å². The molecular weight excluding hydrogens is 170 g/mol. The normalized spacial score (nSPS) is 9.00. The highest BCUT2D eigenvalue weighted by molar-refractivity contribution is 6.02. The number of methoxy groups -OCH3 is 1. The van der Waals surface area contributed by atoms with Crippen molar-refractivity contribution in [3.63, 3.8) is 0 Å². The zero-order valence-electron chi connectivity index (χ0n) is 7.11. The highest BCUT2D eigenvalue weighted by atomic mass is 16.5. The van der Waals surface area contributed by atoms with Crippen molar-refractivity contribution in [2.45, 2.75) is 0 Å². The Kier molecular flexibility index (Phi) is 3.03. The molecule has 1 rings (SSSR count). The molecule has 0 radical (unpaired) electrons. The molecule has 0 atom stereocenters. The summed E-state index contributed by atoms with van der Waals surface area (Å²) in [6.45, 7) is 0. The van der Waals surface area contributed by atoms with E-state index in [2.05, 4.69) is 4.74 Å². The third kappa shape index (κ3) is 2.59. The first-order chi connectivity index (χ1) is 6.24. The van der Waals surface area contributed by atoms with Crippen molar-refractivity contribution in [1.82, 2.24) is 5.32 Å². The first-order valence-corrected chi connectivity index (χ1v) is 3.68. The zero-order chi connectivity index (χ0) is 9.68. The summed E-state index contributed by atoms with van der Waals surface area (Å²) >= 11 is 0. The molecule has 4 heteroatoms. The van der Waals surface area contributed by atoms with Gasteiger partial charge in [-0.05, 0) is 12.1 Å². The molecule has 0 aliphatic carbocycles. The van der Waals surface area contributed by atoms with Gasteiger partial charge in [-0.15, -0.1) is 0 Å². The topological polar surface area (TPSA) is 55.4 Å². The van der Waals surface area contributed by atoms with E-state index in [4.69, 9.17) is 0 Å². The quantitative estimate of drug-likeness (QED) is 0.704. The lowest BCUT2D eigenvalue weighted by atomic mass is 10.2. The predicted molar refractivity (Wildman–Crippen MR) is 46.3 cm³/mol. The lowest BCUT2D eigenvalue weighted by Gasteiger charge is -2.01. The molecule has 0 bridgehead atoms. The van der Waals surface area contributed by atoms with Crippen molar-refractivity contribution in [3.8, 4) is 0 Å². The van der Waals surface area contributed by atoms with Crippen LogP contribution in [0.25, 0.3) is 0 Å². The van der Waals surface area contributed by atoms with E-state index >= 15 is 0 Å². The minimum atomic E-state index is -0.756. The Bertz CT molecular complexity index is 308. The summed E-state index contributed by atoms with van der Waals surface area (Å²) in [5.74, 6) is -0.465. The first kappa shape index (κ1) is 9.25. The van der Waals surface area contributed by atoms with Crippen molar-refractivity contribution in [3.05, 3.63) is 35.9 Å². The summed E-state index contributed by atoms with van der Waals surface area (Å²) < 4.78 is 4.27. The van der Waals surface area contributed by atoms with E-state index in [0.29, 0.717) is 5.56 Å². The summed E-state index contributed by atoms with van der Waals surface area (Å²) in [4.78, 5) is 21.8. The van der Waals surface area contributed by atoms with Gasteiger partial charge in [-0.25, -0.2) is 4.79 Å². The maximum absolute atomic E-state index is 11.2. The summed E-state index contributed by atoms with van der Waals surface area (Å²) in [5.41, 5.74) is 0.424. The molecule has 0 unspecified atom stereocenters. The molecule has 0 saturated heterocycles. The monoisotopic (exact) mass is 179 g/mol. The van der Waals surface area contributed by atoms with E-state index in [-0.39, 0.29) is 0 Å². The van der Waals surface area contributed by atoms with Gasteiger partial charge in [-0.2, -0.15) is 0 Å². The first-order valence-electron chi connectivity index (χ1n) is 3.68. The van der Waals surface area contributed by atoms with Gasteiger partial charge >= 0.3 is 6.09 Å². The second-order valence-corrected chi connectivity index (χ2v) is 2.31. The van der Waals surface area contributed by atoms with Crippen LogP contribution in [-0.2, 0) is 4.74 Å². The average Bonchev–Trinajstić information content (AvgIpc) is 2.19. The minimum Gasteiger partial charge on any atom is -0.453 e. The molecule has 0 aromatic heterocycles. The van der Waals surface area contributed by atoms with Crippen LogP contribution in [0.3, 0.4) is 0 Å². The van der Waals surface area contributed by atoms with E-state index in [1.54, 1.807) is 30.3 Å². The van der Waals surface area contributed by atoms with Crippen molar-refractivity contribution < 1.29 is 14.3 Å². The molecule has 68 valence electrons. The second kappa shape index (κ2) is 4.25. The van der Waals surface area contributed by atoms with Gasteiger partial charge in [-0.1, -0.05) is 18.2 Å². The van der Waals surface area contributed by atoms with Crippen LogP contribution in [0.2, 0.25) is 0 Å². The van der Waals surface area contributed by atoms with E-state index in [0.717, 1.165) is 0 Å². The molecule has 0 saturated carbocycles. The largest absolute Gasteiger partial charge is 0.453 e. The van der Waals surface area contributed by atoms with Gasteiger partial charge in [0.1, 0.15) is 0 Å². The van der Waals surface area contributed by atoms with Gasteiger partial charge in [0, 0.05) is 5.56 Å². The van der Waals surface area contributed by atoms with Crippen LogP contribution in [0.4, 0.5) is 4.79 Å². The van der Waals surface area contributed by atoms with Crippen LogP contribution in [0.5, 0.6) is 0 Å². The number of alkyl carbamates (subject to hydrolysis) is 1. The fourth-order valence-electron chi connectivity index (χ4n) is 0.805. The zero-order valence-corrected chi connectivity index (χ0v) is 7.11. The van der Waals surface area contributed by atoms with Gasteiger partial charge in [0.05, 0.1) is 7.11 Å². The Balaban J connectivity index is 2.65. The fourth-order valence-corrected chi connectivity index (χ4v) is 0.805. The summed E-state index contributed by atoms with van der Waals surface area (Å²) in [7, 11) is 1.20. The molecule has 0 aliphatic heterocycles. The van der Waals surface area contributed by atoms with Gasteiger partial charge in [0.25, 0.3) is 5.91 Å². The number of rotatable bonds is 1. The third-order valence-corrected chi connectivity index (χ3v) is 1.44. The summed E-state index contributed by atoms with van der Waals surface area (Å²) in [5, 5.41) is 2.05. The van der Waals surface area contributed by atoms with E-state index in [1.807, 2.05) is 5.32 Å². The van der Waals surface area contributed by atoms with Crippen molar-refractivity contribution in [2.75, 3.05) is 7.11 Å². The number of imide groups is 1. The molecule has 1 aromatic carbocycles. The van der Waals surface area contributed by atoms with E-state index in [9.17, 15) is 9.59 Å². The van der Waals surface area contributed by atoms with Crippen molar-refractivity contribution in [1.29, 1.82) is 0 Å². The maximum Gasteiger partial charge on any atom is 0.413 e. The number of hydrogen-bond acceptors (Lipinski definition) is 3. The molecule has 1 aromatic rings. The van der Waals surface area contributed by atoms with E-state index in [1.165, 1.54) is 7.11 Å². The Labute approximate surface area is 75.5 Å². The number of ether oxygens (including phenoxy) is 1. The van der Waals surface area contributed by atoms with Crippen LogP contribution in [0, 0.1) is 0 Å². The molecule has 2 amide bonds. The smallest absolute Gasteiger partial charge is 0.413 e. The van der Waals surface area contributed by atoms with Crippen LogP contribution in [0.15, 0.2) is 30.3 Å². The number of carbonyl (C=O) groups excluding carboxylic acids is 2. The van der Waals surface area contributed by atoms with Crippen LogP contribution in [-0.4, -0.2) is 19.1 Å². The van der Waals surface area contributed by atoms with Crippen molar-refractivity contribution >= 4 is 12.0 Å². The Hall–Kier alpha value is -1.84. The Morgan fingerprint density at radius 3 is 2.38 bits per heavy atom. The van der Waals surface area contributed by atoms with Crippen LogP contribution < -0.4 is 5.32 Å². The molecule has 0 fully saturated rings. The molecule has 0 aliphatic rings.